The number of hydrogen-bond acceptors (Lipinski definition) is 4. The molecule has 19 heavy (non-hydrogen) atoms. The highest BCUT2D eigenvalue weighted by Gasteiger charge is 2.15. The average molecular weight is 266 g/mol. The monoisotopic (exact) mass is 266 g/mol. The SMILES string of the molecule is CCOc1cc(CO)ccc1OCCC1CCCO1. The summed E-state index contributed by atoms with van der Waals surface area (Å²) in [7, 11) is 0. The summed E-state index contributed by atoms with van der Waals surface area (Å²) in [6.07, 6.45) is 3.53. The first-order valence-corrected chi connectivity index (χ1v) is 6.94. The van der Waals surface area contributed by atoms with Crippen molar-refractivity contribution in [1.29, 1.82) is 0 Å². The van der Waals surface area contributed by atoms with Gasteiger partial charge in [0, 0.05) is 13.0 Å². The normalized spacial score (nSPS) is 18.5. The fourth-order valence-electron chi connectivity index (χ4n) is 2.21. The van der Waals surface area contributed by atoms with E-state index < -0.39 is 0 Å². The molecule has 0 radical (unpaired) electrons. The van der Waals surface area contributed by atoms with E-state index in [1.54, 1.807) is 0 Å². The lowest BCUT2D eigenvalue weighted by atomic mass is 10.2. The van der Waals surface area contributed by atoms with Crippen molar-refractivity contribution in [2.75, 3.05) is 19.8 Å². The molecule has 1 unspecified atom stereocenters. The van der Waals surface area contributed by atoms with Crippen molar-refractivity contribution in [1.82, 2.24) is 0 Å². The summed E-state index contributed by atoms with van der Waals surface area (Å²) in [5, 5.41) is 9.13. The zero-order chi connectivity index (χ0) is 13.5. The molecule has 1 aromatic rings. The number of hydrogen-bond donors (Lipinski definition) is 1. The Kier molecular flexibility index (Phi) is 5.48. The van der Waals surface area contributed by atoms with E-state index in [4.69, 9.17) is 19.3 Å². The maximum atomic E-state index is 9.13. The molecule has 0 aromatic heterocycles. The molecule has 106 valence electrons. The van der Waals surface area contributed by atoms with Crippen LogP contribution in [0.3, 0.4) is 0 Å². The Morgan fingerprint density at radius 3 is 2.89 bits per heavy atom. The Morgan fingerprint density at radius 1 is 1.32 bits per heavy atom. The van der Waals surface area contributed by atoms with Crippen LogP contribution in [-0.4, -0.2) is 31.0 Å². The van der Waals surface area contributed by atoms with Crippen molar-refractivity contribution < 1.29 is 19.3 Å². The average Bonchev–Trinajstić information content (AvgIpc) is 2.94. The number of rotatable bonds is 7. The molecule has 0 amide bonds. The third kappa shape index (κ3) is 4.11. The predicted molar refractivity (Wildman–Crippen MR) is 72.6 cm³/mol. The second kappa shape index (κ2) is 7.36. The standard InChI is InChI=1S/C15H22O4/c1-2-17-15-10-12(11-16)5-6-14(15)19-9-7-13-4-3-8-18-13/h5-6,10,13,16H,2-4,7-9,11H2,1H3. The van der Waals surface area contributed by atoms with Gasteiger partial charge >= 0.3 is 0 Å². The molecular formula is C15H22O4. The molecular weight excluding hydrogens is 244 g/mol. The minimum absolute atomic E-state index is 0.0102. The number of ether oxygens (including phenoxy) is 3. The topological polar surface area (TPSA) is 47.9 Å². The molecule has 4 nitrogen and oxygen atoms in total. The van der Waals surface area contributed by atoms with Crippen LogP contribution in [0.25, 0.3) is 0 Å². The summed E-state index contributed by atoms with van der Waals surface area (Å²) < 4.78 is 16.9. The van der Waals surface area contributed by atoms with E-state index >= 15 is 0 Å². The van der Waals surface area contributed by atoms with Crippen molar-refractivity contribution in [3.63, 3.8) is 0 Å². The third-order valence-corrected chi connectivity index (χ3v) is 3.21. The van der Waals surface area contributed by atoms with Crippen LogP contribution in [0.5, 0.6) is 11.5 Å². The lowest BCUT2D eigenvalue weighted by molar-refractivity contribution is 0.0897. The van der Waals surface area contributed by atoms with E-state index in [-0.39, 0.29) is 6.61 Å². The van der Waals surface area contributed by atoms with Gasteiger partial charge < -0.3 is 19.3 Å². The number of aliphatic hydroxyl groups is 1. The van der Waals surface area contributed by atoms with Crippen molar-refractivity contribution in [3.05, 3.63) is 23.8 Å². The highest BCUT2D eigenvalue weighted by atomic mass is 16.5. The Morgan fingerprint density at radius 2 is 2.21 bits per heavy atom. The Labute approximate surface area is 114 Å². The van der Waals surface area contributed by atoms with Crippen LogP contribution in [0, 0.1) is 0 Å². The van der Waals surface area contributed by atoms with Crippen LogP contribution in [-0.2, 0) is 11.3 Å². The van der Waals surface area contributed by atoms with Gasteiger partial charge in [-0.15, -0.1) is 0 Å². The second-order valence-electron chi connectivity index (χ2n) is 4.64. The molecule has 1 saturated heterocycles. The summed E-state index contributed by atoms with van der Waals surface area (Å²) in [6, 6.07) is 5.53. The van der Waals surface area contributed by atoms with Gasteiger partial charge in [0.1, 0.15) is 0 Å². The van der Waals surface area contributed by atoms with E-state index in [1.807, 2.05) is 25.1 Å². The van der Waals surface area contributed by atoms with Gasteiger partial charge in [-0.05, 0) is 37.5 Å². The van der Waals surface area contributed by atoms with Gasteiger partial charge in [0.15, 0.2) is 11.5 Å². The Bertz CT molecular complexity index is 386. The zero-order valence-electron chi connectivity index (χ0n) is 11.4. The molecule has 1 heterocycles. The first-order valence-electron chi connectivity index (χ1n) is 6.94. The molecule has 4 heteroatoms. The van der Waals surface area contributed by atoms with Crippen LogP contribution in [0.15, 0.2) is 18.2 Å². The highest BCUT2D eigenvalue weighted by molar-refractivity contribution is 5.42. The van der Waals surface area contributed by atoms with Crippen molar-refractivity contribution in [2.45, 2.75) is 38.9 Å². The van der Waals surface area contributed by atoms with Crippen LogP contribution in [0.1, 0.15) is 31.7 Å². The van der Waals surface area contributed by atoms with E-state index in [1.165, 1.54) is 0 Å². The Balaban J connectivity index is 1.90. The summed E-state index contributed by atoms with van der Waals surface area (Å²) in [4.78, 5) is 0. The van der Waals surface area contributed by atoms with Crippen molar-refractivity contribution in [2.24, 2.45) is 0 Å². The van der Waals surface area contributed by atoms with Gasteiger partial charge in [-0.3, -0.25) is 0 Å². The molecule has 1 fully saturated rings. The van der Waals surface area contributed by atoms with Gasteiger partial charge in [-0.25, -0.2) is 0 Å². The molecule has 1 atom stereocenters. The zero-order valence-corrected chi connectivity index (χ0v) is 11.4. The fraction of sp³-hybridized carbons (Fsp3) is 0.600. The lowest BCUT2D eigenvalue weighted by Gasteiger charge is -2.14. The van der Waals surface area contributed by atoms with E-state index in [2.05, 4.69) is 0 Å². The molecule has 1 aromatic carbocycles. The van der Waals surface area contributed by atoms with E-state index in [0.717, 1.165) is 37.2 Å². The first-order chi connectivity index (χ1) is 9.33. The largest absolute Gasteiger partial charge is 0.490 e. The smallest absolute Gasteiger partial charge is 0.161 e. The molecule has 0 bridgehead atoms. The summed E-state index contributed by atoms with van der Waals surface area (Å²) in [6.45, 7) is 4.03. The van der Waals surface area contributed by atoms with Gasteiger partial charge in [0.25, 0.3) is 0 Å². The minimum Gasteiger partial charge on any atom is -0.490 e. The molecule has 1 N–H and O–H groups in total. The molecule has 1 aliphatic heterocycles. The van der Waals surface area contributed by atoms with Crippen LogP contribution < -0.4 is 9.47 Å². The highest BCUT2D eigenvalue weighted by Crippen LogP contribution is 2.29. The minimum atomic E-state index is 0.0102. The maximum Gasteiger partial charge on any atom is 0.161 e. The summed E-state index contributed by atoms with van der Waals surface area (Å²) in [5.41, 5.74) is 0.829. The van der Waals surface area contributed by atoms with Gasteiger partial charge in [-0.2, -0.15) is 0 Å². The van der Waals surface area contributed by atoms with Crippen LogP contribution in [0.2, 0.25) is 0 Å². The van der Waals surface area contributed by atoms with Crippen LogP contribution in [0.4, 0.5) is 0 Å². The Hall–Kier alpha value is -1.26. The summed E-state index contributed by atoms with van der Waals surface area (Å²) in [5.74, 6) is 1.43. The summed E-state index contributed by atoms with van der Waals surface area (Å²) >= 11 is 0. The maximum absolute atomic E-state index is 9.13. The van der Waals surface area contributed by atoms with Gasteiger partial charge in [0.05, 0.1) is 25.9 Å². The fourth-order valence-corrected chi connectivity index (χ4v) is 2.21. The van der Waals surface area contributed by atoms with Crippen molar-refractivity contribution in [3.8, 4) is 11.5 Å². The molecule has 0 saturated carbocycles. The van der Waals surface area contributed by atoms with Crippen molar-refractivity contribution >= 4 is 0 Å². The van der Waals surface area contributed by atoms with Gasteiger partial charge in [-0.1, -0.05) is 6.07 Å². The van der Waals surface area contributed by atoms with Crippen LogP contribution >= 0.6 is 0 Å². The molecule has 0 spiro atoms. The third-order valence-electron chi connectivity index (χ3n) is 3.21. The van der Waals surface area contributed by atoms with Gasteiger partial charge in [0.2, 0.25) is 0 Å². The number of benzene rings is 1. The first kappa shape index (κ1) is 14.2. The van der Waals surface area contributed by atoms with E-state index in [0.29, 0.717) is 25.1 Å². The van der Waals surface area contributed by atoms with E-state index in [9.17, 15) is 0 Å². The quantitative estimate of drug-likeness (QED) is 0.824. The molecule has 2 rings (SSSR count). The predicted octanol–water partition coefficient (Wildman–Crippen LogP) is 2.53. The lowest BCUT2D eigenvalue weighted by Crippen LogP contribution is -2.11. The number of aliphatic hydroxyl groups excluding tert-OH is 1. The molecule has 1 aliphatic rings. The molecule has 0 aliphatic carbocycles. The second-order valence-corrected chi connectivity index (χ2v) is 4.64.